The summed E-state index contributed by atoms with van der Waals surface area (Å²) in [5.74, 6) is 5.73. The fourth-order valence-corrected chi connectivity index (χ4v) is 6.05. The second-order valence-electron chi connectivity index (χ2n) is 8.51. The Morgan fingerprint density at radius 2 is 1.55 bits per heavy atom. The number of hydrogen-bond acceptors (Lipinski definition) is 1. The monoisotopic (exact) mass is 449 g/mol. The van der Waals surface area contributed by atoms with Crippen LogP contribution in [0.1, 0.15) is 5.56 Å². The van der Waals surface area contributed by atoms with Gasteiger partial charge in [0.25, 0.3) is 0 Å². The van der Waals surface area contributed by atoms with E-state index in [9.17, 15) is 8.78 Å². The summed E-state index contributed by atoms with van der Waals surface area (Å²) in [6.07, 6.45) is 1.18. The topological polar surface area (TPSA) is 12.9 Å². The number of aromatic nitrogens is 1. The molecule has 4 aromatic rings. The number of halogens is 2. The van der Waals surface area contributed by atoms with Gasteiger partial charge in [0, 0.05) is 0 Å². The molecule has 0 saturated heterocycles. The molecule has 0 fully saturated rings. The van der Waals surface area contributed by atoms with Crippen LogP contribution in [0.2, 0.25) is 17.3 Å². The standard InChI is InChI=1S/C25H23F2GeN/c1-16-11-18(12-17-7-5-6-8-20(16)17)25-14-22(24(27)15-29-25)21-10-9-19(13-23(21)26)28(2,3)4/h5-15H,1-4H3. The maximum absolute atomic E-state index is 14.9. The van der Waals surface area contributed by atoms with E-state index in [0.717, 1.165) is 20.9 Å². The van der Waals surface area contributed by atoms with Crippen molar-refractivity contribution in [3.63, 3.8) is 0 Å². The minimum atomic E-state index is -2.16. The Morgan fingerprint density at radius 1 is 0.793 bits per heavy atom. The van der Waals surface area contributed by atoms with Gasteiger partial charge in [0.05, 0.1) is 0 Å². The van der Waals surface area contributed by atoms with E-state index >= 15 is 0 Å². The fraction of sp³-hybridized carbons (Fsp3) is 0.160. The molecule has 4 rings (SSSR count). The Kier molecular flexibility index (Phi) is 5.03. The molecule has 0 aliphatic heterocycles. The zero-order chi connectivity index (χ0) is 20.8. The van der Waals surface area contributed by atoms with Crippen LogP contribution in [-0.4, -0.2) is 18.3 Å². The third-order valence-electron chi connectivity index (χ3n) is 5.35. The number of hydrogen-bond donors (Lipinski definition) is 0. The van der Waals surface area contributed by atoms with Crippen molar-refractivity contribution in [3.8, 4) is 22.4 Å². The van der Waals surface area contributed by atoms with E-state index in [4.69, 9.17) is 0 Å². The molecule has 0 aliphatic carbocycles. The summed E-state index contributed by atoms with van der Waals surface area (Å²) >= 11 is -2.16. The van der Waals surface area contributed by atoms with Crippen molar-refractivity contribution in [2.24, 2.45) is 0 Å². The Labute approximate surface area is 172 Å². The molecule has 0 atom stereocenters. The number of nitrogens with zero attached hydrogens (tertiary/aromatic N) is 1. The van der Waals surface area contributed by atoms with Gasteiger partial charge in [-0.2, -0.15) is 0 Å². The van der Waals surface area contributed by atoms with E-state index in [1.807, 2.05) is 43.3 Å². The molecular weight excluding hydrogens is 425 g/mol. The van der Waals surface area contributed by atoms with Crippen LogP contribution >= 0.6 is 0 Å². The van der Waals surface area contributed by atoms with Gasteiger partial charge in [-0.25, -0.2) is 0 Å². The molecule has 3 aromatic carbocycles. The predicted octanol–water partition coefficient (Wildman–Crippen LogP) is 6.70. The first-order chi connectivity index (χ1) is 13.7. The Morgan fingerprint density at radius 3 is 2.28 bits per heavy atom. The number of aryl methyl sites for hydroxylation is 1. The molecule has 0 aliphatic rings. The molecule has 1 heterocycles. The Balaban J connectivity index is 1.84. The molecule has 0 spiro atoms. The number of rotatable bonds is 3. The van der Waals surface area contributed by atoms with Gasteiger partial charge < -0.3 is 0 Å². The van der Waals surface area contributed by atoms with Gasteiger partial charge in [0.1, 0.15) is 0 Å². The molecule has 4 heteroatoms. The van der Waals surface area contributed by atoms with Crippen molar-refractivity contribution in [1.29, 1.82) is 0 Å². The summed E-state index contributed by atoms with van der Waals surface area (Å²) in [6.45, 7) is 2.05. The van der Waals surface area contributed by atoms with Crippen LogP contribution in [0.4, 0.5) is 8.78 Å². The van der Waals surface area contributed by atoms with E-state index in [0.29, 0.717) is 5.69 Å². The first kappa shape index (κ1) is 19.8. The van der Waals surface area contributed by atoms with Crippen molar-refractivity contribution in [2.45, 2.75) is 24.2 Å². The Bertz CT molecular complexity index is 1230. The number of benzene rings is 3. The quantitative estimate of drug-likeness (QED) is 0.318. The van der Waals surface area contributed by atoms with Crippen molar-refractivity contribution in [3.05, 3.63) is 84.1 Å². The molecule has 0 N–H and O–H groups in total. The van der Waals surface area contributed by atoms with Crippen LogP contribution in [0.5, 0.6) is 0 Å². The van der Waals surface area contributed by atoms with Crippen LogP contribution in [0.15, 0.2) is 66.9 Å². The van der Waals surface area contributed by atoms with Gasteiger partial charge in [0.2, 0.25) is 0 Å². The first-order valence-electron chi connectivity index (χ1n) is 9.70. The van der Waals surface area contributed by atoms with Crippen LogP contribution in [-0.2, 0) is 0 Å². The predicted molar refractivity (Wildman–Crippen MR) is 120 cm³/mol. The first-order valence-corrected chi connectivity index (χ1v) is 17.0. The zero-order valence-electron chi connectivity index (χ0n) is 17.1. The molecule has 1 nitrogen and oxygen atoms in total. The summed E-state index contributed by atoms with van der Waals surface area (Å²) < 4.78 is 30.6. The third-order valence-corrected chi connectivity index (χ3v) is 9.63. The van der Waals surface area contributed by atoms with Crippen LogP contribution in [0, 0.1) is 18.6 Å². The molecule has 29 heavy (non-hydrogen) atoms. The summed E-state index contributed by atoms with van der Waals surface area (Å²) in [5, 5.41) is 2.27. The van der Waals surface area contributed by atoms with E-state index in [-0.39, 0.29) is 16.9 Å². The van der Waals surface area contributed by atoms with Crippen LogP contribution < -0.4 is 4.40 Å². The third kappa shape index (κ3) is 3.84. The second kappa shape index (κ2) is 7.38. The summed E-state index contributed by atoms with van der Waals surface area (Å²) in [5.41, 5.74) is 3.17. The fourth-order valence-electron chi connectivity index (χ4n) is 3.65. The zero-order valence-corrected chi connectivity index (χ0v) is 19.2. The van der Waals surface area contributed by atoms with E-state index in [2.05, 4.69) is 28.3 Å². The van der Waals surface area contributed by atoms with Gasteiger partial charge >= 0.3 is 167 Å². The van der Waals surface area contributed by atoms with Crippen molar-refractivity contribution < 1.29 is 8.78 Å². The van der Waals surface area contributed by atoms with Gasteiger partial charge in [-0.05, 0) is 0 Å². The van der Waals surface area contributed by atoms with Crippen molar-refractivity contribution >= 4 is 28.4 Å². The summed E-state index contributed by atoms with van der Waals surface area (Å²) in [7, 11) is 0. The average Bonchev–Trinajstić information content (AvgIpc) is 2.68. The van der Waals surface area contributed by atoms with Gasteiger partial charge in [-0.15, -0.1) is 0 Å². The van der Waals surface area contributed by atoms with Crippen molar-refractivity contribution in [2.75, 3.05) is 0 Å². The van der Waals surface area contributed by atoms with Gasteiger partial charge in [-0.1, -0.05) is 6.07 Å². The molecule has 1 aromatic heterocycles. The maximum atomic E-state index is 14.9. The number of pyridine rings is 1. The SMILES string of the molecule is Cc1cc(-c2cc(-c3cc[c]([Ge]([CH3])([CH3])[CH3])cc3F)c(F)cn2)cc2ccccc12. The van der Waals surface area contributed by atoms with E-state index < -0.39 is 19.1 Å². The van der Waals surface area contributed by atoms with E-state index in [1.165, 1.54) is 11.6 Å². The molecular formula is C25H23F2GeN. The number of fused-ring (bicyclic) bond motifs is 1. The van der Waals surface area contributed by atoms with Crippen LogP contribution in [0.25, 0.3) is 33.2 Å². The average molecular weight is 448 g/mol. The van der Waals surface area contributed by atoms with Gasteiger partial charge in [0.15, 0.2) is 0 Å². The van der Waals surface area contributed by atoms with Gasteiger partial charge in [-0.3, -0.25) is 0 Å². The van der Waals surface area contributed by atoms with Crippen LogP contribution in [0.3, 0.4) is 0 Å². The summed E-state index contributed by atoms with van der Waals surface area (Å²) in [4.78, 5) is 4.28. The van der Waals surface area contributed by atoms with Crippen molar-refractivity contribution in [1.82, 2.24) is 4.98 Å². The summed E-state index contributed by atoms with van der Waals surface area (Å²) in [6, 6.07) is 19.1. The molecule has 0 amide bonds. The van der Waals surface area contributed by atoms with E-state index in [1.54, 1.807) is 18.2 Å². The molecule has 0 saturated carbocycles. The second-order valence-corrected chi connectivity index (χ2v) is 19.2. The Hall–Kier alpha value is -2.53. The normalized spacial score (nSPS) is 11.8. The minimum absolute atomic E-state index is 0.242. The molecule has 0 unspecified atom stereocenters. The molecule has 146 valence electrons. The molecule has 0 radical (unpaired) electrons. The molecule has 0 bridgehead atoms.